The maximum atomic E-state index is 13.1. The number of H-pyrrole nitrogens is 1. The first-order chi connectivity index (χ1) is 15.5. The molecular weight excluding hydrogens is 412 g/mol. The van der Waals surface area contributed by atoms with Crippen molar-refractivity contribution in [3.8, 4) is 11.5 Å². The van der Waals surface area contributed by atoms with Crippen LogP contribution < -0.4 is 26.0 Å². The molecule has 0 unspecified atom stereocenters. The highest BCUT2D eigenvalue weighted by molar-refractivity contribution is 6.11. The Hall–Kier alpha value is -4.27. The van der Waals surface area contributed by atoms with Crippen LogP contribution in [0.15, 0.2) is 64.3 Å². The van der Waals surface area contributed by atoms with E-state index in [2.05, 4.69) is 10.3 Å². The van der Waals surface area contributed by atoms with Crippen molar-refractivity contribution >= 4 is 22.6 Å². The van der Waals surface area contributed by atoms with E-state index >= 15 is 0 Å². The van der Waals surface area contributed by atoms with E-state index in [0.717, 1.165) is 10.1 Å². The molecule has 0 saturated heterocycles. The van der Waals surface area contributed by atoms with E-state index < -0.39 is 17.2 Å². The van der Waals surface area contributed by atoms with Crippen LogP contribution in [0.4, 0.5) is 5.69 Å². The number of ether oxygens (including phenoxy) is 2. The first-order valence-corrected chi connectivity index (χ1v) is 10.1. The molecule has 4 aromatic rings. The molecule has 0 spiro atoms. The molecule has 0 fully saturated rings. The minimum Gasteiger partial charge on any atom is -0.486 e. The number of nitrogens with one attached hydrogen (secondary N) is 2. The SMILES string of the molecule is Cn1cc(C(=O)Nc2ccc3c(c2)OCCO3)c2[nH]c(=O)n(Cc3ccccc3)c(=O)c21. The Kier molecular flexibility index (Phi) is 4.78. The number of rotatable bonds is 4. The topological polar surface area (TPSA) is 107 Å². The van der Waals surface area contributed by atoms with E-state index in [0.29, 0.717) is 30.4 Å². The van der Waals surface area contributed by atoms with Crippen molar-refractivity contribution in [2.75, 3.05) is 18.5 Å². The Morgan fingerprint density at radius 1 is 1.06 bits per heavy atom. The zero-order valence-corrected chi connectivity index (χ0v) is 17.3. The minimum absolute atomic E-state index is 0.134. The van der Waals surface area contributed by atoms with Gasteiger partial charge < -0.3 is 24.3 Å². The third-order valence-corrected chi connectivity index (χ3v) is 5.33. The van der Waals surface area contributed by atoms with Gasteiger partial charge in [0.25, 0.3) is 11.5 Å². The maximum absolute atomic E-state index is 13.1. The summed E-state index contributed by atoms with van der Waals surface area (Å²) in [7, 11) is 1.66. The second-order valence-electron chi connectivity index (χ2n) is 7.50. The highest BCUT2D eigenvalue weighted by Gasteiger charge is 2.20. The predicted octanol–water partition coefficient (Wildman–Crippen LogP) is 2.10. The number of aromatic nitrogens is 3. The number of amides is 1. The van der Waals surface area contributed by atoms with E-state index in [9.17, 15) is 14.4 Å². The van der Waals surface area contributed by atoms with E-state index in [1.54, 1.807) is 29.8 Å². The first-order valence-electron chi connectivity index (χ1n) is 10.1. The van der Waals surface area contributed by atoms with Crippen LogP contribution in [0.2, 0.25) is 0 Å². The molecule has 3 heterocycles. The van der Waals surface area contributed by atoms with Crippen LogP contribution in [0.3, 0.4) is 0 Å². The number of nitrogens with zero attached hydrogens (tertiary/aromatic N) is 2. The number of anilines is 1. The molecule has 1 aliphatic heterocycles. The molecule has 2 aromatic heterocycles. The number of fused-ring (bicyclic) bond motifs is 2. The van der Waals surface area contributed by atoms with Crippen molar-refractivity contribution in [2.45, 2.75) is 6.54 Å². The van der Waals surface area contributed by atoms with Crippen LogP contribution in [0.25, 0.3) is 11.0 Å². The van der Waals surface area contributed by atoms with E-state index in [-0.39, 0.29) is 23.1 Å². The second kappa shape index (κ2) is 7.77. The summed E-state index contributed by atoms with van der Waals surface area (Å²) in [5.41, 5.74) is 0.925. The number of benzene rings is 2. The van der Waals surface area contributed by atoms with Gasteiger partial charge in [-0.2, -0.15) is 0 Å². The third kappa shape index (κ3) is 3.43. The minimum atomic E-state index is -0.578. The average Bonchev–Trinajstić information content (AvgIpc) is 3.13. The molecule has 2 N–H and O–H groups in total. The summed E-state index contributed by atoms with van der Waals surface area (Å²) < 4.78 is 13.7. The van der Waals surface area contributed by atoms with Gasteiger partial charge in [-0.15, -0.1) is 0 Å². The maximum Gasteiger partial charge on any atom is 0.329 e. The molecule has 1 amide bonds. The fraction of sp³-hybridized carbons (Fsp3) is 0.174. The molecule has 32 heavy (non-hydrogen) atoms. The molecule has 162 valence electrons. The number of hydrogen-bond acceptors (Lipinski definition) is 5. The summed E-state index contributed by atoms with van der Waals surface area (Å²) in [6, 6.07) is 14.3. The van der Waals surface area contributed by atoms with Gasteiger partial charge in [0, 0.05) is 25.0 Å². The standard InChI is InChI=1S/C23H20N4O5/c1-26-13-16(21(28)24-15-7-8-17-18(11-15)32-10-9-31-17)19-20(26)22(29)27(23(30)25-19)12-14-5-3-2-4-6-14/h2-8,11,13H,9-10,12H2,1H3,(H,24,28)(H,25,30). The third-order valence-electron chi connectivity index (χ3n) is 5.33. The van der Waals surface area contributed by atoms with Gasteiger partial charge >= 0.3 is 5.69 Å². The summed E-state index contributed by atoms with van der Waals surface area (Å²) in [4.78, 5) is 41.5. The Morgan fingerprint density at radius 2 is 1.81 bits per heavy atom. The normalized spacial score (nSPS) is 12.7. The van der Waals surface area contributed by atoms with Crippen LogP contribution in [0, 0.1) is 0 Å². The summed E-state index contributed by atoms with van der Waals surface area (Å²) >= 11 is 0. The summed E-state index contributed by atoms with van der Waals surface area (Å²) in [5.74, 6) is 0.704. The van der Waals surface area contributed by atoms with Crippen molar-refractivity contribution in [3.63, 3.8) is 0 Å². The van der Waals surface area contributed by atoms with Gasteiger partial charge in [0.15, 0.2) is 11.5 Å². The number of aromatic amines is 1. The fourth-order valence-corrected chi connectivity index (χ4v) is 3.81. The molecule has 0 saturated carbocycles. The van der Waals surface area contributed by atoms with Gasteiger partial charge in [-0.1, -0.05) is 30.3 Å². The molecule has 5 rings (SSSR count). The summed E-state index contributed by atoms with van der Waals surface area (Å²) in [6.45, 7) is 1.04. The molecule has 2 aromatic carbocycles. The molecule has 0 aliphatic carbocycles. The zero-order valence-electron chi connectivity index (χ0n) is 17.3. The lowest BCUT2D eigenvalue weighted by molar-refractivity contribution is 0.102. The predicted molar refractivity (Wildman–Crippen MR) is 119 cm³/mol. The van der Waals surface area contributed by atoms with Gasteiger partial charge in [0.1, 0.15) is 18.7 Å². The first kappa shape index (κ1) is 19.7. The number of hydrogen-bond donors (Lipinski definition) is 2. The van der Waals surface area contributed by atoms with Gasteiger partial charge in [0.05, 0.1) is 17.6 Å². The van der Waals surface area contributed by atoms with Gasteiger partial charge in [0.2, 0.25) is 0 Å². The lowest BCUT2D eigenvalue weighted by Gasteiger charge is -2.18. The van der Waals surface area contributed by atoms with E-state index in [1.807, 2.05) is 30.3 Å². The molecule has 0 bridgehead atoms. The Morgan fingerprint density at radius 3 is 2.59 bits per heavy atom. The zero-order chi connectivity index (χ0) is 22.2. The van der Waals surface area contributed by atoms with Crippen molar-refractivity contribution in [1.82, 2.24) is 14.1 Å². The average molecular weight is 432 g/mol. The molecule has 0 atom stereocenters. The molecule has 0 radical (unpaired) electrons. The van der Waals surface area contributed by atoms with Gasteiger partial charge in [-0.3, -0.25) is 14.2 Å². The Labute approximate surface area is 181 Å². The van der Waals surface area contributed by atoms with Crippen molar-refractivity contribution in [1.29, 1.82) is 0 Å². The van der Waals surface area contributed by atoms with Gasteiger partial charge in [-0.25, -0.2) is 4.79 Å². The number of aryl methyl sites for hydroxylation is 1. The van der Waals surface area contributed by atoms with Crippen LogP contribution >= 0.6 is 0 Å². The van der Waals surface area contributed by atoms with E-state index in [1.165, 1.54) is 6.20 Å². The Bertz CT molecular complexity index is 1450. The van der Waals surface area contributed by atoms with Crippen molar-refractivity contribution < 1.29 is 14.3 Å². The van der Waals surface area contributed by atoms with Crippen LogP contribution in [0.5, 0.6) is 11.5 Å². The summed E-state index contributed by atoms with van der Waals surface area (Å²) in [6.07, 6.45) is 1.53. The molecule has 9 heteroatoms. The quantitative estimate of drug-likeness (QED) is 0.514. The number of carbonyl (C=O) groups is 1. The summed E-state index contributed by atoms with van der Waals surface area (Å²) in [5, 5.41) is 2.79. The lowest BCUT2D eigenvalue weighted by atomic mass is 10.2. The lowest BCUT2D eigenvalue weighted by Crippen LogP contribution is -2.36. The second-order valence-corrected chi connectivity index (χ2v) is 7.50. The highest BCUT2D eigenvalue weighted by Crippen LogP contribution is 2.32. The van der Waals surface area contributed by atoms with Crippen LogP contribution in [0.1, 0.15) is 15.9 Å². The molecular formula is C23H20N4O5. The van der Waals surface area contributed by atoms with Gasteiger partial charge in [-0.05, 0) is 17.7 Å². The monoisotopic (exact) mass is 432 g/mol. The molecule has 1 aliphatic rings. The van der Waals surface area contributed by atoms with Crippen molar-refractivity contribution in [3.05, 3.63) is 86.7 Å². The smallest absolute Gasteiger partial charge is 0.329 e. The largest absolute Gasteiger partial charge is 0.486 e. The van der Waals surface area contributed by atoms with E-state index in [4.69, 9.17) is 9.47 Å². The molecule has 9 nitrogen and oxygen atoms in total. The Balaban J connectivity index is 1.50. The highest BCUT2D eigenvalue weighted by atomic mass is 16.6. The van der Waals surface area contributed by atoms with Crippen LogP contribution in [-0.2, 0) is 13.6 Å². The van der Waals surface area contributed by atoms with Crippen LogP contribution in [-0.4, -0.2) is 33.2 Å². The number of carbonyl (C=O) groups excluding carboxylic acids is 1. The fourth-order valence-electron chi connectivity index (χ4n) is 3.81. The van der Waals surface area contributed by atoms with Crippen molar-refractivity contribution in [2.24, 2.45) is 7.05 Å².